The van der Waals surface area contributed by atoms with Crippen LogP contribution in [0.5, 0.6) is 5.75 Å². The summed E-state index contributed by atoms with van der Waals surface area (Å²) < 4.78 is 16.6. The second-order valence-corrected chi connectivity index (χ2v) is 5.31. The molecule has 1 aliphatic heterocycles. The molecule has 1 aliphatic rings. The minimum absolute atomic E-state index is 0.148. The quantitative estimate of drug-likeness (QED) is 0.862. The van der Waals surface area contributed by atoms with Crippen molar-refractivity contribution in [3.05, 3.63) is 30.2 Å². The van der Waals surface area contributed by atoms with Crippen LogP contribution in [-0.4, -0.2) is 48.4 Å². The molecule has 1 aromatic heterocycles. The van der Waals surface area contributed by atoms with Gasteiger partial charge in [-0.25, -0.2) is 0 Å². The Balaban J connectivity index is 1.86. The van der Waals surface area contributed by atoms with E-state index in [-0.39, 0.29) is 12.2 Å². The van der Waals surface area contributed by atoms with Crippen LogP contribution in [0.4, 0.5) is 0 Å². The predicted octanol–water partition coefficient (Wildman–Crippen LogP) is 2.14. The molecule has 2 atom stereocenters. The van der Waals surface area contributed by atoms with Gasteiger partial charge in [0.25, 0.3) is 5.89 Å². The molecule has 2 aromatic rings. The maximum atomic E-state index is 5.88. The highest BCUT2D eigenvalue weighted by Crippen LogP contribution is 2.29. The molecule has 112 valence electrons. The van der Waals surface area contributed by atoms with Crippen LogP contribution in [0.3, 0.4) is 0 Å². The van der Waals surface area contributed by atoms with Crippen molar-refractivity contribution in [1.82, 2.24) is 15.0 Å². The van der Waals surface area contributed by atoms with Crippen molar-refractivity contribution in [3.63, 3.8) is 0 Å². The SMILES string of the molecule is COc1ccccc1-c1noc(C2CN(C)CC(C)O2)n1. The highest BCUT2D eigenvalue weighted by molar-refractivity contribution is 5.63. The summed E-state index contributed by atoms with van der Waals surface area (Å²) in [4.78, 5) is 6.67. The molecule has 21 heavy (non-hydrogen) atoms. The minimum atomic E-state index is -0.185. The number of rotatable bonds is 3. The number of ether oxygens (including phenoxy) is 2. The lowest BCUT2D eigenvalue weighted by Crippen LogP contribution is -2.40. The Bertz CT molecular complexity index is 604. The molecular formula is C15H19N3O3. The number of benzene rings is 1. The molecule has 0 saturated carbocycles. The van der Waals surface area contributed by atoms with Crippen LogP contribution in [0, 0.1) is 0 Å². The second-order valence-electron chi connectivity index (χ2n) is 5.31. The summed E-state index contributed by atoms with van der Waals surface area (Å²) in [5.74, 6) is 1.75. The van der Waals surface area contributed by atoms with Crippen LogP contribution in [0.1, 0.15) is 18.9 Å². The van der Waals surface area contributed by atoms with Gasteiger partial charge in [-0.05, 0) is 26.1 Å². The van der Waals surface area contributed by atoms with Gasteiger partial charge in [0, 0.05) is 13.1 Å². The van der Waals surface area contributed by atoms with Crippen molar-refractivity contribution in [1.29, 1.82) is 0 Å². The minimum Gasteiger partial charge on any atom is -0.496 e. The lowest BCUT2D eigenvalue weighted by atomic mass is 10.2. The molecule has 6 heteroatoms. The highest BCUT2D eigenvalue weighted by atomic mass is 16.5. The molecule has 0 bridgehead atoms. The number of likely N-dealkylation sites (N-methyl/N-ethyl adjacent to an activating group) is 1. The maximum Gasteiger partial charge on any atom is 0.257 e. The number of para-hydroxylation sites is 1. The monoisotopic (exact) mass is 289 g/mol. The van der Waals surface area contributed by atoms with Crippen molar-refractivity contribution in [2.24, 2.45) is 0 Å². The van der Waals surface area contributed by atoms with Gasteiger partial charge in [-0.2, -0.15) is 4.98 Å². The Kier molecular flexibility index (Phi) is 3.90. The average molecular weight is 289 g/mol. The molecule has 1 fully saturated rings. The van der Waals surface area contributed by atoms with E-state index in [1.54, 1.807) is 7.11 Å². The Hall–Kier alpha value is -1.92. The Morgan fingerprint density at radius 1 is 1.29 bits per heavy atom. The topological polar surface area (TPSA) is 60.6 Å². The van der Waals surface area contributed by atoms with E-state index in [1.807, 2.05) is 31.2 Å². The maximum absolute atomic E-state index is 5.88. The zero-order valence-electron chi connectivity index (χ0n) is 12.4. The number of nitrogens with zero attached hydrogens (tertiary/aromatic N) is 3. The first-order valence-corrected chi connectivity index (χ1v) is 6.98. The van der Waals surface area contributed by atoms with Gasteiger partial charge in [0.05, 0.1) is 18.8 Å². The fraction of sp³-hybridized carbons (Fsp3) is 0.467. The van der Waals surface area contributed by atoms with Gasteiger partial charge in [0.2, 0.25) is 5.82 Å². The Morgan fingerprint density at radius 3 is 2.86 bits per heavy atom. The molecule has 0 radical (unpaired) electrons. The summed E-state index contributed by atoms with van der Waals surface area (Å²) >= 11 is 0. The third-order valence-electron chi connectivity index (χ3n) is 3.51. The molecular weight excluding hydrogens is 270 g/mol. The fourth-order valence-corrected chi connectivity index (χ4v) is 2.60. The molecule has 1 aromatic carbocycles. The van der Waals surface area contributed by atoms with Gasteiger partial charge in [-0.1, -0.05) is 17.3 Å². The lowest BCUT2D eigenvalue weighted by Gasteiger charge is -2.32. The van der Waals surface area contributed by atoms with Crippen molar-refractivity contribution < 1.29 is 14.0 Å². The van der Waals surface area contributed by atoms with Gasteiger partial charge < -0.3 is 18.9 Å². The summed E-state index contributed by atoms with van der Waals surface area (Å²) in [6.07, 6.45) is -0.0370. The van der Waals surface area contributed by atoms with E-state index in [0.717, 1.165) is 24.4 Å². The van der Waals surface area contributed by atoms with E-state index >= 15 is 0 Å². The molecule has 0 amide bonds. The van der Waals surface area contributed by atoms with E-state index in [9.17, 15) is 0 Å². The third-order valence-corrected chi connectivity index (χ3v) is 3.51. The first kappa shape index (κ1) is 14.0. The molecule has 2 unspecified atom stereocenters. The molecule has 0 aliphatic carbocycles. The molecule has 0 spiro atoms. The number of hydrogen-bond acceptors (Lipinski definition) is 6. The van der Waals surface area contributed by atoms with E-state index in [0.29, 0.717) is 11.7 Å². The van der Waals surface area contributed by atoms with Gasteiger partial charge in [0.15, 0.2) is 0 Å². The lowest BCUT2D eigenvalue weighted by molar-refractivity contribution is -0.0838. The molecule has 3 rings (SSSR count). The number of methoxy groups -OCH3 is 1. The molecule has 1 saturated heterocycles. The van der Waals surface area contributed by atoms with Crippen molar-refractivity contribution in [2.45, 2.75) is 19.1 Å². The first-order valence-electron chi connectivity index (χ1n) is 6.98. The summed E-state index contributed by atoms with van der Waals surface area (Å²) in [5, 5.41) is 4.06. The van der Waals surface area contributed by atoms with Gasteiger partial charge in [-0.3, -0.25) is 0 Å². The van der Waals surface area contributed by atoms with E-state index in [2.05, 4.69) is 22.1 Å². The van der Waals surface area contributed by atoms with Crippen LogP contribution in [-0.2, 0) is 4.74 Å². The van der Waals surface area contributed by atoms with Crippen molar-refractivity contribution in [3.8, 4) is 17.1 Å². The largest absolute Gasteiger partial charge is 0.496 e. The predicted molar refractivity (Wildman–Crippen MR) is 77.1 cm³/mol. The first-order chi connectivity index (χ1) is 10.2. The number of morpholine rings is 1. The van der Waals surface area contributed by atoms with E-state index < -0.39 is 0 Å². The van der Waals surface area contributed by atoms with Gasteiger partial charge in [0.1, 0.15) is 11.9 Å². The average Bonchev–Trinajstić information content (AvgIpc) is 2.96. The van der Waals surface area contributed by atoms with Gasteiger partial charge in [-0.15, -0.1) is 0 Å². The Labute approximate surface area is 123 Å². The third kappa shape index (κ3) is 2.91. The smallest absolute Gasteiger partial charge is 0.257 e. The van der Waals surface area contributed by atoms with Crippen LogP contribution < -0.4 is 4.74 Å². The standard InChI is InChI=1S/C15H19N3O3/c1-10-8-18(2)9-13(20-10)15-16-14(17-21-15)11-6-4-5-7-12(11)19-3/h4-7,10,13H,8-9H2,1-3H3. The van der Waals surface area contributed by atoms with Crippen LogP contribution in [0.25, 0.3) is 11.4 Å². The van der Waals surface area contributed by atoms with E-state index in [4.69, 9.17) is 14.0 Å². The van der Waals surface area contributed by atoms with Crippen molar-refractivity contribution in [2.75, 3.05) is 27.2 Å². The fourth-order valence-electron chi connectivity index (χ4n) is 2.60. The zero-order chi connectivity index (χ0) is 14.8. The molecule has 6 nitrogen and oxygen atoms in total. The van der Waals surface area contributed by atoms with Crippen LogP contribution >= 0.6 is 0 Å². The number of aromatic nitrogens is 2. The molecule has 2 heterocycles. The van der Waals surface area contributed by atoms with Crippen molar-refractivity contribution >= 4 is 0 Å². The zero-order valence-corrected chi connectivity index (χ0v) is 12.4. The summed E-state index contributed by atoms with van der Waals surface area (Å²) in [6.45, 7) is 3.70. The highest BCUT2D eigenvalue weighted by Gasteiger charge is 2.29. The Morgan fingerprint density at radius 2 is 2.10 bits per heavy atom. The van der Waals surface area contributed by atoms with Crippen LogP contribution in [0.15, 0.2) is 28.8 Å². The normalized spacial score (nSPS) is 23.2. The van der Waals surface area contributed by atoms with E-state index in [1.165, 1.54) is 0 Å². The summed E-state index contributed by atoms with van der Waals surface area (Å²) in [6, 6.07) is 7.60. The summed E-state index contributed by atoms with van der Waals surface area (Å²) in [7, 11) is 3.68. The molecule has 0 N–H and O–H groups in total. The summed E-state index contributed by atoms with van der Waals surface area (Å²) in [5.41, 5.74) is 0.812. The van der Waals surface area contributed by atoms with Gasteiger partial charge >= 0.3 is 0 Å². The second kappa shape index (κ2) is 5.83. The number of hydrogen-bond donors (Lipinski definition) is 0. The van der Waals surface area contributed by atoms with Crippen LogP contribution in [0.2, 0.25) is 0 Å².